The molecule has 0 fully saturated rings. The molecule has 2 aromatic rings. The number of nitrogens with zero attached hydrogens (tertiary/aromatic N) is 1. The van der Waals surface area contributed by atoms with Crippen LogP contribution in [0.3, 0.4) is 0 Å². The van der Waals surface area contributed by atoms with Crippen molar-refractivity contribution in [2.24, 2.45) is 5.73 Å². The Balaban J connectivity index is 0.0000125. The number of phenolic OH excluding ortho intramolecular Hbond substituents is 1. The molecular weight excluding hydrogens is 698 g/mol. The Morgan fingerprint density at radius 1 is 0.922 bits per heavy atom. The zero-order valence-electron chi connectivity index (χ0n) is 30.3. The summed E-state index contributed by atoms with van der Waals surface area (Å²) >= 11 is 1.52. The van der Waals surface area contributed by atoms with Crippen molar-refractivity contribution in [3.63, 3.8) is 0 Å². The van der Waals surface area contributed by atoms with E-state index in [1.54, 1.807) is 24.1 Å². The van der Waals surface area contributed by atoms with Crippen LogP contribution in [0, 0.1) is 13.8 Å². The molecule has 3 atom stereocenters. The first-order chi connectivity index (χ1) is 23.3. The lowest BCUT2D eigenvalue weighted by Crippen LogP contribution is -2.55. The molecule has 0 aromatic heterocycles. The fourth-order valence-corrected chi connectivity index (χ4v) is 5.84. The van der Waals surface area contributed by atoms with Crippen LogP contribution < -0.4 is 21.7 Å². The number of nitrogens with one attached hydrogen (secondary N) is 3. The first-order valence-electron chi connectivity index (χ1n) is 16.7. The highest BCUT2D eigenvalue weighted by molar-refractivity contribution is 7.98. The maximum Gasteiger partial charge on any atom is 0.302 e. The number of esters is 1. The average molecular weight is 754 g/mol. The number of ether oxygens (including phenoxy) is 1. The van der Waals surface area contributed by atoms with E-state index in [-0.39, 0.29) is 54.9 Å². The predicted molar refractivity (Wildman–Crippen MR) is 203 cm³/mol. The lowest BCUT2D eigenvalue weighted by Gasteiger charge is -2.25. The third kappa shape index (κ3) is 17.8. The van der Waals surface area contributed by atoms with E-state index in [0.29, 0.717) is 25.3 Å². The SMILES string of the molecule is CSCC[C@@H](NC(=O)[C@H](N)Cc1c(C)cc(O)cc1C)C(=O)NCC(=O)N[C@@H](Cc1ccccc1)C(=O)N(C)CCCCCCOC(C)=O.Cl.O. The van der Waals surface area contributed by atoms with Crippen molar-refractivity contribution < 1.29 is 39.3 Å². The monoisotopic (exact) mass is 753 g/mol. The third-order valence-corrected chi connectivity index (χ3v) is 8.74. The van der Waals surface area contributed by atoms with Gasteiger partial charge >= 0.3 is 5.97 Å². The quantitative estimate of drug-likeness (QED) is 0.0933. The molecule has 0 saturated heterocycles. The highest BCUT2D eigenvalue weighted by atomic mass is 35.5. The van der Waals surface area contributed by atoms with Crippen LogP contribution in [0.5, 0.6) is 5.75 Å². The molecular formula is C36H56ClN5O8S. The molecule has 15 heteroatoms. The van der Waals surface area contributed by atoms with E-state index < -0.39 is 35.8 Å². The van der Waals surface area contributed by atoms with Gasteiger partial charge < -0.3 is 41.9 Å². The van der Waals surface area contributed by atoms with Crippen LogP contribution in [0.2, 0.25) is 0 Å². The van der Waals surface area contributed by atoms with Crippen molar-refractivity contribution >= 4 is 53.8 Å². The first kappa shape index (κ1) is 47.1. The molecule has 2 aromatic carbocycles. The molecule has 2 rings (SSSR count). The number of aryl methyl sites for hydroxylation is 2. The van der Waals surface area contributed by atoms with Gasteiger partial charge in [0.15, 0.2) is 0 Å². The van der Waals surface area contributed by atoms with Gasteiger partial charge in [0.25, 0.3) is 0 Å². The molecule has 0 spiro atoms. The fourth-order valence-electron chi connectivity index (χ4n) is 5.37. The topological polar surface area (TPSA) is 212 Å². The summed E-state index contributed by atoms with van der Waals surface area (Å²) in [5.74, 6) is -1.39. The van der Waals surface area contributed by atoms with Crippen molar-refractivity contribution in [2.45, 2.75) is 83.8 Å². The summed E-state index contributed by atoms with van der Waals surface area (Å²) in [5.41, 5.74) is 9.58. The molecule has 0 unspecified atom stereocenters. The minimum Gasteiger partial charge on any atom is -0.508 e. The molecule has 0 aliphatic rings. The number of likely N-dealkylation sites (N-methyl/N-ethyl adjacent to an activating group) is 1. The molecule has 13 nitrogen and oxygen atoms in total. The molecule has 4 amide bonds. The van der Waals surface area contributed by atoms with Gasteiger partial charge in [-0.25, -0.2) is 0 Å². The summed E-state index contributed by atoms with van der Waals surface area (Å²) in [5, 5.41) is 18.0. The Hall–Kier alpha value is -3.85. The number of unbranched alkanes of at least 4 members (excludes halogenated alkanes) is 3. The van der Waals surface area contributed by atoms with Gasteiger partial charge in [0, 0.05) is 26.9 Å². The number of phenols is 1. The van der Waals surface area contributed by atoms with Crippen LogP contribution in [0.1, 0.15) is 61.3 Å². The Morgan fingerprint density at radius 3 is 2.16 bits per heavy atom. The zero-order valence-corrected chi connectivity index (χ0v) is 31.9. The summed E-state index contributed by atoms with van der Waals surface area (Å²) in [7, 11) is 1.70. The second-order valence-corrected chi connectivity index (χ2v) is 13.2. The van der Waals surface area contributed by atoms with E-state index in [0.717, 1.165) is 47.9 Å². The smallest absolute Gasteiger partial charge is 0.302 e. The van der Waals surface area contributed by atoms with Crippen LogP contribution in [0.4, 0.5) is 0 Å². The highest BCUT2D eigenvalue weighted by Gasteiger charge is 2.27. The standard InChI is InChI=1S/C36H53N5O7S.ClH.H2O/c1-24-19-28(43)20-25(2)29(24)22-30(37)34(45)40-31(15-18-49-5)35(46)38-23-33(44)39-32(21-27-13-9-8-10-14-27)36(47)41(4)16-11-6-7-12-17-48-26(3)42;;/h8-10,13-14,19-20,30-32,43H,6-7,11-12,15-18,21-23,37H2,1-5H3,(H,38,46)(H,39,44)(H,40,45);1H;1H2/t30-,31-,32+;;/m1../s1. The number of aromatic hydroxyl groups is 1. The molecule has 0 radical (unpaired) electrons. The highest BCUT2D eigenvalue weighted by Crippen LogP contribution is 2.22. The molecule has 0 aliphatic carbocycles. The second kappa shape index (κ2) is 25.2. The van der Waals surface area contributed by atoms with E-state index in [1.165, 1.54) is 18.7 Å². The van der Waals surface area contributed by atoms with Gasteiger partial charge in [0.2, 0.25) is 23.6 Å². The number of rotatable bonds is 21. The van der Waals surface area contributed by atoms with Crippen molar-refractivity contribution in [3.8, 4) is 5.75 Å². The van der Waals surface area contributed by atoms with Crippen LogP contribution in [-0.4, -0.2) is 102 Å². The van der Waals surface area contributed by atoms with Gasteiger partial charge in [-0.3, -0.25) is 24.0 Å². The number of amides is 4. The number of nitrogens with two attached hydrogens (primary N) is 1. The van der Waals surface area contributed by atoms with Gasteiger partial charge in [-0.1, -0.05) is 36.8 Å². The van der Waals surface area contributed by atoms with E-state index in [9.17, 15) is 29.1 Å². The normalized spacial score (nSPS) is 12.2. The first-order valence-corrected chi connectivity index (χ1v) is 18.0. The van der Waals surface area contributed by atoms with E-state index >= 15 is 0 Å². The molecule has 8 N–H and O–H groups in total. The minimum atomic E-state index is -0.933. The average Bonchev–Trinajstić information content (AvgIpc) is 3.05. The van der Waals surface area contributed by atoms with E-state index in [4.69, 9.17) is 10.5 Å². The van der Waals surface area contributed by atoms with Crippen LogP contribution in [-0.2, 0) is 41.6 Å². The van der Waals surface area contributed by atoms with Gasteiger partial charge in [-0.2, -0.15) is 11.8 Å². The van der Waals surface area contributed by atoms with Gasteiger partial charge in [-0.05, 0) is 92.3 Å². The van der Waals surface area contributed by atoms with Crippen molar-refractivity contribution in [1.29, 1.82) is 0 Å². The van der Waals surface area contributed by atoms with Crippen LogP contribution in [0.15, 0.2) is 42.5 Å². The van der Waals surface area contributed by atoms with Gasteiger partial charge in [-0.15, -0.1) is 12.4 Å². The summed E-state index contributed by atoms with van der Waals surface area (Å²) < 4.78 is 4.95. The number of carbonyl (C=O) groups is 5. The number of hydrogen-bond donors (Lipinski definition) is 5. The Morgan fingerprint density at radius 2 is 1.55 bits per heavy atom. The van der Waals surface area contributed by atoms with E-state index in [2.05, 4.69) is 16.0 Å². The second-order valence-electron chi connectivity index (χ2n) is 12.3. The number of benzene rings is 2. The predicted octanol–water partition coefficient (Wildman–Crippen LogP) is 2.14. The van der Waals surface area contributed by atoms with Crippen LogP contribution >= 0.6 is 24.2 Å². The lowest BCUT2D eigenvalue weighted by atomic mass is 9.96. The number of carbonyl (C=O) groups excluding carboxylic acids is 5. The van der Waals surface area contributed by atoms with Crippen molar-refractivity contribution in [2.75, 3.05) is 38.8 Å². The maximum atomic E-state index is 13.5. The Labute approximate surface area is 311 Å². The van der Waals surface area contributed by atoms with E-state index in [1.807, 2.05) is 50.4 Å². The molecule has 286 valence electrons. The number of halogens is 1. The Bertz CT molecular complexity index is 1380. The summed E-state index contributed by atoms with van der Waals surface area (Å²) in [6.45, 7) is 5.54. The number of thioether (sulfide) groups is 1. The third-order valence-electron chi connectivity index (χ3n) is 8.09. The summed E-state index contributed by atoms with van der Waals surface area (Å²) in [6, 6.07) is 9.88. The van der Waals surface area contributed by atoms with Crippen molar-refractivity contribution in [1.82, 2.24) is 20.9 Å². The molecule has 0 saturated carbocycles. The fraction of sp³-hybridized carbons (Fsp3) is 0.528. The lowest BCUT2D eigenvalue weighted by molar-refractivity contribution is -0.141. The van der Waals surface area contributed by atoms with Gasteiger partial charge in [0.05, 0.1) is 19.2 Å². The van der Waals surface area contributed by atoms with Crippen molar-refractivity contribution in [3.05, 3.63) is 64.7 Å². The van der Waals surface area contributed by atoms with Gasteiger partial charge in [0.1, 0.15) is 17.8 Å². The largest absolute Gasteiger partial charge is 0.508 e. The van der Waals surface area contributed by atoms with Crippen LogP contribution in [0.25, 0.3) is 0 Å². The molecule has 0 aliphatic heterocycles. The summed E-state index contributed by atoms with van der Waals surface area (Å²) in [6.07, 6.45) is 5.94. The zero-order chi connectivity index (χ0) is 36.3. The number of hydrogen-bond acceptors (Lipinski definition) is 9. The maximum absolute atomic E-state index is 13.5. The Kier molecular flexibility index (Phi) is 23.3. The summed E-state index contributed by atoms with van der Waals surface area (Å²) in [4.78, 5) is 65.3. The molecule has 51 heavy (non-hydrogen) atoms. The molecule has 0 heterocycles. The molecule has 0 bridgehead atoms. The minimum absolute atomic E-state index is 0.